The number of thiophene rings is 1. The van der Waals surface area contributed by atoms with Crippen LogP contribution in [-0.2, 0) is 11.2 Å². The summed E-state index contributed by atoms with van der Waals surface area (Å²) in [6, 6.07) is 11.5. The number of nitrogens with zero attached hydrogens (tertiary/aromatic N) is 1. The van der Waals surface area contributed by atoms with Gasteiger partial charge in [0.1, 0.15) is 6.20 Å². The molecule has 4 nitrogen and oxygen atoms in total. The molecular weight excluding hydrogens is 356 g/mol. The Labute approximate surface area is 155 Å². The summed E-state index contributed by atoms with van der Waals surface area (Å²) < 4.78 is 0.0755. The van der Waals surface area contributed by atoms with Gasteiger partial charge in [0.15, 0.2) is 5.00 Å². The van der Waals surface area contributed by atoms with Crippen molar-refractivity contribution in [2.75, 3.05) is 0 Å². The SMILES string of the molecule is CC(NC(=O)C1=C[N+]([O-])(C2CC2)c2sc(Cl)cc2C1)c1ccccc1. The Morgan fingerprint density at radius 1 is 1.36 bits per heavy atom. The van der Waals surface area contributed by atoms with Crippen LogP contribution in [0.15, 0.2) is 48.2 Å². The van der Waals surface area contributed by atoms with Crippen LogP contribution in [0.3, 0.4) is 0 Å². The maximum absolute atomic E-state index is 13.4. The van der Waals surface area contributed by atoms with E-state index in [0.29, 0.717) is 16.3 Å². The number of halogens is 1. The van der Waals surface area contributed by atoms with Crippen LogP contribution in [0.2, 0.25) is 4.34 Å². The molecule has 2 unspecified atom stereocenters. The van der Waals surface area contributed by atoms with E-state index in [0.717, 1.165) is 29.0 Å². The largest absolute Gasteiger partial charge is 0.621 e. The highest BCUT2D eigenvalue weighted by molar-refractivity contribution is 7.20. The number of amides is 1. The van der Waals surface area contributed by atoms with Gasteiger partial charge in [-0.15, -0.1) is 0 Å². The van der Waals surface area contributed by atoms with Gasteiger partial charge in [-0.05, 0) is 18.6 Å². The Hall–Kier alpha value is -1.66. The third kappa shape index (κ3) is 3.13. The number of quaternary nitrogens is 1. The van der Waals surface area contributed by atoms with Crippen molar-refractivity contribution in [3.05, 3.63) is 68.8 Å². The quantitative estimate of drug-likeness (QED) is 0.623. The number of hydroxylamine groups is 2. The zero-order valence-corrected chi connectivity index (χ0v) is 15.4. The molecule has 1 aromatic heterocycles. The highest BCUT2D eigenvalue weighted by Crippen LogP contribution is 2.49. The predicted octanol–water partition coefficient (Wildman–Crippen LogP) is 4.69. The van der Waals surface area contributed by atoms with Gasteiger partial charge in [0.2, 0.25) is 0 Å². The number of carbonyl (C=O) groups is 1. The van der Waals surface area contributed by atoms with E-state index in [1.807, 2.05) is 43.3 Å². The second kappa shape index (κ2) is 6.25. The van der Waals surface area contributed by atoms with Crippen molar-refractivity contribution in [3.63, 3.8) is 0 Å². The van der Waals surface area contributed by atoms with Crippen molar-refractivity contribution in [3.8, 4) is 0 Å². The van der Waals surface area contributed by atoms with Crippen LogP contribution < -0.4 is 9.96 Å². The molecule has 130 valence electrons. The van der Waals surface area contributed by atoms with Crippen molar-refractivity contribution in [2.24, 2.45) is 0 Å². The minimum absolute atomic E-state index is 0.0168. The number of carbonyl (C=O) groups excluding carboxylic acids is 1. The van der Waals surface area contributed by atoms with Crippen LogP contribution in [-0.4, -0.2) is 11.9 Å². The van der Waals surface area contributed by atoms with E-state index in [-0.39, 0.29) is 18.0 Å². The molecule has 2 heterocycles. The summed E-state index contributed by atoms with van der Waals surface area (Å²) in [5.74, 6) is -0.177. The van der Waals surface area contributed by atoms with E-state index in [9.17, 15) is 10.0 Å². The monoisotopic (exact) mass is 374 g/mol. The van der Waals surface area contributed by atoms with Crippen molar-refractivity contribution >= 4 is 33.8 Å². The van der Waals surface area contributed by atoms with Gasteiger partial charge in [0.05, 0.1) is 22.0 Å². The molecular formula is C19H19ClN2O2S. The lowest BCUT2D eigenvalue weighted by Gasteiger charge is -2.41. The summed E-state index contributed by atoms with van der Waals surface area (Å²) in [6.07, 6.45) is 3.84. The van der Waals surface area contributed by atoms with Crippen LogP contribution in [0.5, 0.6) is 0 Å². The Bertz CT molecular complexity index is 844. The maximum Gasteiger partial charge on any atom is 0.253 e. The van der Waals surface area contributed by atoms with Crippen LogP contribution in [0.4, 0.5) is 5.00 Å². The number of fused-ring (bicyclic) bond motifs is 1. The molecule has 0 bridgehead atoms. The lowest BCUT2D eigenvalue weighted by Crippen LogP contribution is -2.43. The molecule has 1 aromatic carbocycles. The van der Waals surface area contributed by atoms with Crippen LogP contribution in [0.1, 0.15) is 36.9 Å². The molecule has 1 saturated carbocycles. The van der Waals surface area contributed by atoms with E-state index in [1.54, 1.807) is 6.20 Å². The van der Waals surface area contributed by atoms with Gasteiger partial charge in [-0.25, -0.2) is 0 Å². The zero-order chi connectivity index (χ0) is 17.6. The van der Waals surface area contributed by atoms with E-state index < -0.39 is 4.65 Å². The third-order valence-electron chi connectivity index (χ3n) is 4.83. The highest BCUT2D eigenvalue weighted by Gasteiger charge is 2.44. The van der Waals surface area contributed by atoms with E-state index >= 15 is 0 Å². The molecule has 2 aliphatic rings. The van der Waals surface area contributed by atoms with E-state index in [1.165, 1.54) is 11.3 Å². The first kappa shape index (κ1) is 16.8. The summed E-state index contributed by atoms with van der Waals surface area (Å²) in [5.41, 5.74) is 2.46. The van der Waals surface area contributed by atoms with Crippen molar-refractivity contribution in [2.45, 2.75) is 38.3 Å². The first-order valence-electron chi connectivity index (χ1n) is 8.43. The average molecular weight is 375 g/mol. The molecule has 1 N–H and O–H groups in total. The fourth-order valence-corrected chi connectivity index (χ4v) is 4.68. The first-order valence-corrected chi connectivity index (χ1v) is 9.62. The first-order chi connectivity index (χ1) is 12.0. The summed E-state index contributed by atoms with van der Waals surface area (Å²) >= 11 is 7.48. The van der Waals surface area contributed by atoms with Crippen molar-refractivity contribution in [1.82, 2.24) is 9.96 Å². The number of benzene rings is 1. The summed E-state index contributed by atoms with van der Waals surface area (Å²) in [4.78, 5) is 12.8. The molecule has 1 amide bonds. The van der Waals surface area contributed by atoms with Gasteiger partial charge in [-0.2, -0.15) is 0 Å². The highest BCUT2D eigenvalue weighted by atomic mass is 35.5. The molecule has 2 aromatic rings. The number of nitrogens with one attached hydrogen (secondary N) is 1. The third-order valence-corrected chi connectivity index (χ3v) is 6.23. The molecule has 0 radical (unpaired) electrons. The Kier molecular flexibility index (Phi) is 4.20. The minimum Gasteiger partial charge on any atom is -0.621 e. The summed E-state index contributed by atoms with van der Waals surface area (Å²) in [5, 5.41) is 17.2. The maximum atomic E-state index is 13.4. The Morgan fingerprint density at radius 2 is 2.08 bits per heavy atom. The van der Waals surface area contributed by atoms with Gasteiger partial charge < -0.3 is 10.5 Å². The fourth-order valence-electron chi connectivity index (χ4n) is 3.33. The summed E-state index contributed by atoms with van der Waals surface area (Å²) in [7, 11) is 0. The molecule has 2 atom stereocenters. The smallest absolute Gasteiger partial charge is 0.253 e. The molecule has 1 aliphatic heterocycles. The second-order valence-electron chi connectivity index (χ2n) is 6.76. The van der Waals surface area contributed by atoms with Gasteiger partial charge in [-0.3, -0.25) is 9.44 Å². The zero-order valence-electron chi connectivity index (χ0n) is 13.9. The number of hydrogen-bond donors (Lipinski definition) is 1. The molecule has 1 fully saturated rings. The normalized spacial score (nSPS) is 23.6. The predicted molar refractivity (Wildman–Crippen MR) is 102 cm³/mol. The Morgan fingerprint density at radius 3 is 2.76 bits per heavy atom. The summed E-state index contributed by atoms with van der Waals surface area (Å²) in [6.45, 7) is 1.95. The molecule has 0 saturated heterocycles. The molecule has 1 aliphatic carbocycles. The van der Waals surface area contributed by atoms with Crippen LogP contribution in [0, 0.1) is 5.21 Å². The van der Waals surface area contributed by atoms with E-state index in [2.05, 4.69) is 5.32 Å². The second-order valence-corrected chi connectivity index (χ2v) is 8.42. The van der Waals surface area contributed by atoms with Gasteiger partial charge in [0, 0.05) is 24.8 Å². The molecule has 4 rings (SSSR count). The average Bonchev–Trinajstić information content (AvgIpc) is 3.38. The standard InChI is InChI=1S/C19H19ClN2O2S/c1-12(13-5-3-2-4-6-13)21-18(23)15-9-14-10-17(20)25-19(14)22(24,11-15)16-7-8-16/h2-6,10-12,16H,7-9H2,1H3,(H,21,23). The molecule has 6 heteroatoms. The van der Waals surface area contributed by atoms with Crippen molar-refractivity contribution < 1.29 is 4.79 Å². The van der Waals surface area contributed by atoms with Gasteiger partial charge in [-0.1, -0.05) is 53.3 Å². The Balaban J connectivity index is 1.59. The van der Waals surface area contributed by atoms with Crippen molar-refractivity contribution in [1.29, 1.82) is 0 Å². The van der Waals surface area contributed by atoms with Gasteiger partial charge >= 0.3 is 0 Å². The number of hydrogen-bond acceptors (Lipinski definition) is 3. The van der Waals surface area contributed by atoms with E-state index in [4.69, 9.17) is 11.6 Å². The minimum atomic E-state index is -0.533. The molecule has 0 spiro atoms. The van der Waals surface area contributed by atoms with Crippen LogP contribution in [0.25, 0.3) is 0 Å². The topological polar surface area (TPSA) is 52.2 Å². The van der Waals surface area contributed by atoms with Gasteiger partial charge in [0.25, 0.3) is 5.91 Å². The lowest BCUT2D eigenvalue weighted by atomic mass is 10.0. The van der Waals surface area contributed by atoms with Crippen LogP contribution >= 0.6 is 22.9 Å². The lowest BCUT2D eigenvalue weighted by molar-refractivity contribution is -0.118. The molecule has 25 heavy (non-hydrogen) atoms. The fraction of sp³-hybridized carbons (Fsp3) is 0.316. The number of rotatable bonds is 4.